The maximum atomic E-state index is 10.3. The summed E-state index contributed by atoms with van der Waals surface area (Å²) in [5, 5.41) is 16.9. The van der Waals surface area contributed by atoms with Crippen molar-refractivity contribution < 1.29 is 23.9 Å². The second kappa shape index (κ2) is 7.77. The van der Waals surface area contributed by atoms with Crippen LogP contribution in [0.2, 0.25) is 13.1 Å². The van der Waals surface area contributed by atoms with Crippen LogP contribution < -0.4 is 0 Å². The van der Waals surface area contributed by atoms with Crippen molar-refractivity contribution >= 4 is 31.5 Å². The van der Waals surface area contributed by atoms with Gasteiger partial charge in [0.15, 0.2) is 9.04 Å². The van der Waals surface area contributed by atoms with Crippen LogP contribution in [0.3, 0.4) is 0 Å². The molecule has 0 unspecified atom stereocenters. The van der Waals surface area contributed by atoms with E-state index < -0.39 is 21.0 Å². The van der Waals surface area contributed by atoms with Crippen molar-refractivity contribution in [1.82, 2.24) is 0 Å². The number of carboxylic acid groups (broad SMARTS) is 2. The molecule has 5 nitrogen and oxygen atoms in total. The highest BCUT2D eigenvalue weighted by Crippen LogP contribution is 2.03. The lowest BCUT2D eigenvalue weighted by molar-refractivity contribution is 0.0681. The first-order valence-corrected chi connectivity index (χ1v) is 8.57. The Kier molecular flexibility index (Phi) is 7.11. The number of hydrogen-bond acceptors (Lipinski definition) is 3. The third-order valence-corrected chi connectivity index (χ3v) is 5.62. The summed E-state index contributed by atoms with van der Waals surface area (Å²) in [5.74, 6) is -2.13. The van der Waals surface area contributed by atoms with Crippen molar-refractivity contribution in [2.45, 2.75) is 13.1 Å². The molecule has 7 heteroatoms. The molecule has 0 bridgehead atoms. The van der Waals surface area contributed by atoms with Crippen LogP contribution in [0.15, 0.2) is 24.3 Å². The van der Waals surface area contributed by atoms with E-state index in [4.69, 9.17) is 14.3 Å². The summed E-state index contributed by atoms with van der Waals surface area (Å²) in [6.45, 7) is 4.35. The molecule has 0 amide bonds. The van der Waals surface area contributed by atoms with Crippen LogP contribution in [-0.2, 0) is 4.12 Å². The van der Waals surface area contributed by atoms with Crippen molar-refractivity contribution in [3.63, 3.8) is 0 Å². The zero-order valence-corrected chi connectivity index (χ0v) is 13.2. The fourth-order valence-electron chi connectivity index (χ4n) is 0.755. The number of aromatic carboxylic acids is 2. The number of benzene rings is 1. The standard InChI is InChI=1S/C8H6O4.C2H10OSi2/c9-7(10)5-1-2-6(4-3-5)8(11)12;1-5(2)3-4/h1-4H,(H,9,10)(H,11,12);5H,1-2,4H3. The summed E-state index contributed by atoms with van der Waals surface area (Å²) in [5.41, 5.74) is 0.167. The first kappa shape index (κ1) is 15.6. The fourth-order valence-corrected chi connectivity index (χ4v) is 0.755. The van der Waals surface area contributed by atoms with Crippen LogP contribution in [0, 0.1) is 0 Å². The molecule has 0 saturated heterocycles. The van der Waals surface area contributed by atoms with E-state index in [2.05, 4.69) is 13.1 Å². The van der Waals surface area contributed by atoms with Gasteiger partial charge in [-0.05, 0) is 37.4 Å². The van der Waals surface area contributed by atoms with Gasteiger partial charge in [0, 0.05) is 0 Å². The number of hydrogen-bond donors (Lipinski definition) is 2. The van der Waals surface area contributed by atoms with Crippen LogP contribution in [0.5, 0.6) is 0 Å². The molecule has 1 rings (SSSR count). The van der Waals surface area contributed by atoms with Crippen LogP contribution in [0.4, 0.5) is 0 Å². The molecule has 0 heterocycles. The van der Waals surface area contributed by atoms with E-state index >= 15 is 0 Å². The van der Waals surface area contributed by atoms with Crippen LogP contribution in [0.25, 0.3) is 0 Å². The largest absolute Gasteiger partial charge is 0.478 e. The van der Waals surface area contributed by atoms with Gasteiger partial charge in [-0.3, -0.25) is 0 Å². The normalized spacial score (nSPS) is 9.59. The maximum absolute atomic E-state index is 10.3. The lowest BCUT2D eigenvalue weighted by Crippen LogP contribution is -2.02. The van der Waals surface area contributed by atoms with Gasteiger partial charge >= 0.3 is 11.9 Å². The monoisotopic (exact) mass is 272 g/mol. The highest BCUT2D eigenvalue weighted by atomic mass is 28.3. The zero-order valence-electron chi connectivity index (χ0n) is 10.0. The summed E-state index contributed by atoms with van der Waals surface area (Å²) in [6.07, 6.45) is 0. The second-order valence-corrected chi connectivity index (χ2v) is 7.46. The Morgan fingerprint density at radius 1 is 1.06 bits per heavy atom. The van der Waals surface area contributed by atoms with Gasteiger partial charge in [0.05, 0.1) is 11.1 Å². The predicted molar refractivity (Wildman–Crippen MR) is 70.3 cm³/mol. The van der Waals surface area contributed by atoms with Gasteiger partial charge in [-0.2, -0.15) is 0 Å². The van der Waals surface area contributed by atoms with E-state index in [1.165, 1.54) is 24.3 Å². The summed E-state index contributed by atoms with van der Waals surface area (Å²) < 4.78 is 5.03. The van der Waals surface area contributed by atoms with Gasteiger partial charge in [0.1, 0.15) is 10.5 Å². The first-order chi connectivity index (χ1) is 7.88. The van der Waals surface area contributed by atoms with Gasteiger partial charge < -0.3 is 14.3 Å². The van der Waals surface area contributed by atoms with Crippen molar-refractivity contribution in [2.24, 2.45) is 0 Å². The van der Waals surface area contributed by atoms with E-state index in [0.717, 1.165) is 10.5 Å². The molecule has 2 N–H and O–H groups in total. The molecule has 0 atom stereocenters. The molecule has 0 aliphatic heterocycles. The summed E-state index contributed by atoms with van der Waals surface area (Å²) in [4.78, 5) is 20.7. The number of carbonyl (C=O) groups is 2. The molecule has 1 aromatic rings. The third-order valence-electron chi connectivity index (χ3n) is 1.85. The van der Waals surface area contributed by atoms with E-state index in [9.17, 15) is 9.59 Å². The highest BCUT2D eigenvalue weighted by Gasteiger charge is 2.04. The minimum Gasteiger partial charge on any atom is -0.478 e. The number of carboxylic acids is 2. The highest BCUT2D eigenvalue weighted by molar-refractivity contribution is 6.52. The SMILES string of the molecule is C[SiH](C)O[SiH3].O=C(O)c1ccc(C(=O)O)cc1. The number of rotatable bonds is 3. The Hall–Kier alpha value is -1.45. The van der Waals surface area contributed by atoms with Crippen LogP contribution in [0.1, 0.15) is 20.7 Å². The Labute approximate surface area is 104 Å². The summed E-state index contributed by atoms with van der Waals surface area (Å²) in [6, 6.07) is 5.02. The van der Waals surface area contributed by atoms with Gasteiger partial charge in [0.2, 0.25) is 0 Å². The average Bonchev–Trinajstić information content (AvgIpc) is 2.29. The lowest BCUT2D eigenvalue weighted by Gasteiger charge is -1.94. The predicted octanol–water partition coefficient (Wildman–Crippen LogP) is 0.350. The molecular weight excluding hydrogens is 256 g/mol. The van der Waals surface area contributed by atoms with Crippen LogP contribution >= 0.6 is 0 Å². The van der Waals surface area contributed by atoms with Crippen molar-refractivity contribution in [2.75, 3.05) is 0 Å². The Morgan fingerprint density at radius 3 is 1.41 bits per heavy atom. The van der Waals surface area contributed by atoms with Gasteiger partial charge in [-0.1, -0.05) is 0 Å². The van der Waals surface area contributed by atoms with Crippen molar-refractivity contribution in [3.05, 3.63) is 35.4 Å². The third kappa shape index (κ3) is 6.66. The molecule has 1 aromatic carbocycles. The summed E-state index contributed by atoms with van der Waals surface area (Å²) >= 11 is 0. The second-order valence-electron chi connectivity index (χ2n) is 3.47. The Balaban J connectivity index is 0.000000437. The van der Waals surface area contributed by atoms with Gasteiger partial charge in [-0.25, -0.2) is 9.59 Å². The van der Waals surface area contributed by atoms with E-state index in [-0.39, 0.29) is 11.1 Å². The summed E-state index contributed by atoms with van der Waals surface area (Å²) in [7, 11) is 0.347. The first-order valence-electron chi connectivity index (χ1n) is 4.98. The quantitative estimate of drug-likeness (QED) is 0.776. The minimum absolute atomic E-state index is 0.0833. The zero-order chi connectivity index (χ0) is 13.4. The van der Waals surface area contributed by atoms with E-state index in [1.807, 2.05) is 0 Å². The molecule has 0 spiro atoms. The molecule has 94 valence electrons. The fraction of sp³-hybridized carbons (Fsp3) is 0.200. The Bertz CT molecular complexity index is 342. The Morgan fingerprint density at radius 2 is 1.29 bits per heavy atom. The van der Waals surface area contributed by atoms with Gasteiger partial charge in [0.25, 0.3) is 0 Å². The smallest absolute Gasteiger partial charge is 0.335 e. The molecule has 0 fully saturated rings. The minimum atomic E-state index is -1.06. The maximum Gasteiger partial charge on any atom is 0.335 e. The molecule has 0 saturated carbocycles. The topological polar surface area (TPSA) is 83.8 Å². The van der Waals surface area contributed by atoms with Crippen molar-refractivity contribution in [1.29, 1.82) is 0 Å². The van der Waals surface area contributed by atoms with Crippen molar-refractivity contribution in [3.8, 4) is 0 Å². The van der Waals surface area contributed by atoms with Crippen LogP contribution in [-0.4, -0.2) is 41.7 Å². The molecule has 0 aromatic heterocycles. The molecule has 0 aliphatic rings. The molecular formula is C10H16O5Si2. The van der Waals surface area contributed by atoms with E-state index in [1.54, 1.807) is 0 Å². The van der Waals surface area contributed by atoms with E-state index in [0.29, 0.717) is 0 Å². The molecule has 0 radical (unpaired) electrons. The molecule has 17 heavy (non-hydrogen) atoms. The van der Waals surface area contributed by atoms with Gasteiger partial charge in [-0.15, -0.1) is 0 Å². The molecule has 0 aliphatic carbocycles. The lowest BCUT2D eigenvalue weighted by atomic mass is 10.1. The average molecular weight is 272 g/mol.